The zero-order valence-electron chi connectivity index (χ0n) is 10.7. The summed E-state index contributed by atoms with van der Waals surface area (Å²) < 4.78 is 22.6. The van der Waals surface area contributed by atoms with Crippen LogP contribution >= 0.6 is 0 Å². The number of sulfonamides is 1. The lowest BCUT2D eigenvalue weighted by atomic mass is 10.1. The van der Waals surface area contributed by atoms with Crippen LogP contribution in [0.2, 0.25) is 0 Å². The molecule has 1 heterocycles. The van der Waals surface area contributed by atoms with Gasteiger partial charge >= 0.3 is 0 Å². The number of rotatable bonds is 3. The molecule has 4 nitrogen and oxygen atoms in total. The van der Waals surface area contributed by atoms with Gasteiger partial charge in [0.1, 0.15) is 0 Å². The summed E-state index contributed by atoms with van der Waals surface area (Å²) in [7, 11) is -3.60. The third kappa shape index (κ3) is 3.31. The Morgan fingerprint density at radius 1 is 1.22 bits per heavy atom. The highest BCUT2D eigenvalue weighted by atomic mass is 32.2. The van der Waals surface area contributed by atoms with E-state index in [4.69, 9.17) is 5.14 Å². The molecule has 1 fully saturated rings. The molecule has 100 valence electrons. The first-order valence-electron chi connectivity index (χ1n) is 6.31. The van der Waals surface area contributed by atoms with E-state index in [2.05, 4.69) is 4.90 Å². The molecule has 2 N–H and O–H groups in total. The van der Waals surface area contributed by atoms with E-state index < -0.39 is 10.0 Å². The molecule has 1 aliphatic rings. The average Bonchev–Trinajstić information content (AvgIpc) is 2.28. The zero-order valence-corrected chi connectivity index (χ0v) is 11.5. The Labute approximate surface area is 109 Å². The predicted molar refractivity (Wildman–Crippen MR) is 71.7 cm³/mol. The van der Waals surface area contributed by atoms with Gasteiger partial charge in [-0.3, -0.25) is 4.90 Å². The monoisotopic (exact) mass is 268 g/mol. The number of benzene rings is 1. The van der Waals surface area contributed by atoms with Crippen LogP contribution in [-0.4, -0.2) is 26.4 Å². The molecule has 5 heteroatoms. The maximum Gasteiger partial charge on any atom is 0.238 e. The Hall–Kier alpha value is -0.910. The molecule has 0 unspecified atom stereocenters. The average molecular weight is 268 g/mol. The second-order valence-corrected chi connectivity index (χ2v) is 6.51. The summed E-state index contributed by atoms with van der Waals surface area (Å²) in [5.74, 6) is 0. The highest BCUT2D eigenvalue weighted by Crippen LogP contribution is 2.18. The molecular weight excluding hydrogens is 248 g/mol. The van der Waals surface area contributed by atoms with Crippen molar-refractivity contribution in [3.8, 4) is 0 Å². The van der Waals surface area contributed by atoms with Crippen LogP contribution < -0.4 is 5.14 Å². The van der Waals surface area contributed by atoms with Gasteiger partial charge in [0.2, 0.25) is 10.0 Å². The smallest absolute Gasteiger partial charge is 0.238 e. The maximum absolute atomic E-state index is 11.3. The number of hydrogen-bond donors (Lipinski definition) is 1. The van der Waals surface area contributed by atoms with Gasteiger partial charge in [0, 0.05) is 6.54 Å². The topological polar surface area (TPSA) is 63.4 Å². The highest BCUT2D eigenvalue weighted by Gasteiger charge is 2.14. The minimum absolute atomic E-state index is 0.227. The van der Waals surface area contributed by atoms with E-state index in [1.54, 1.807) is 13.0 Å². The van der Waals surface area contributed by atoms with Gasteiger partial charge in [0.25, 0.3) is 0 Å². The first-order valence-corrected chi connectivity index (χ1v) is 7.86. The number of piperidine rings is 1. The molecule has 2 rings (SSSR count). The van der Waals surface area contributed by atoms with Crippen molar-refractivity contribution in [3.63, 3.8) is 0 Å². The van der Waals surface area contributed by atoms with E-state index in [0.717, 1.165) is 30.8 Å². The number of hydrogen-bond acceptors (Lipinski definition) is 3. The van der Waals surface area contributed by atoms with E-state index in [1.165, 1.54) is 19.3 Å². The predicted octanol–water partition coefficient (Wildman–Crippen LogP) is 1.63. The minimum Gasteiger partial charge on any atom is -0.299 e. The standard InChI is InChI=1S/C13H20N2O2S/c1-11-9-12(5-6-13(11)18(14,16)17)10-15-7-3-2-4-8-15/h5-6,9H,2-4,7-8,10H2,1H3,(H2,14,16,17). The molecule has 0 atom stereocenters. The molecule has 0 bridgehead atoms. The summed E-state index contributed by atoms with van der Waals surface area (Å²) in [5.41, 5.74) is 1.88. The van der Waals surface area contributed by atoms with Crippen molar-refractivity contribution < 1.29 is 8.42 Å². The Kier molecular flexibility index (Phi) is 4.04. The molecule has 0 aromatic heterocycles. The van der Waals surface area contributed by atoms with Gasteiger partial charge in [0.15, 0.2) is 0 Å². The number of primary sulfonamides is 1. The number of likely N-dealkylation sites (tertiary alicyclic amines) is 1. The van der Waals surface area contributed by atoms with Gasteiger partial charge in [-0.2, -0.15) is 0 Å². The van der Waals surface area contributed by atoms with Crippen LogP contribution in [-0.2, 0) is 16.6 Å². The molecule has 1 aromatic carbocycles. The molecule has 1 aliphatic heterocycles. The van der Waals surface area contributed by atoms with Gasteiger partial charge in [-0.05, 0) is 50.0 Å². The summed E-state index contributed by atoms with van der Waals surface area (Å²) in [6, 6.07) is 5.40. The lowest BCUT2D eigenvalue weighted by molar-refractivity contribution is 0.221. The Morgan fingerprint density at radius 3 is 2.44 bits per heavy atom. The fourth-order valence-electron chi connectivity index (χ4n) is 2.50. The first kappa shape index (κ1) is 13.5. The van der Waals surface area contributed by atoms with Crippen molar-refractivity contribution in [3.05, 3.63) is 29.3 Å². The Balaban J connectivity index is 2.13. The van der Waals surface area contributed by atoms with Crippen LogP contribution in [0.3, 0.4) is 0 Å². The van der Waals surface area contributed by atoms with Crippen molar-refractivity contribution in [2.75, 3.05) is 13.1 Å². The van der Waals surface area contributed by atoms with Gasteiger partial charge in [-0.25, -0.2) is 13.6 Å². The SMILES string of the molecule is Cc1cc(CN2CCCCC2)ccc1S(N)(=O)=O. The molecule has 18 heavy (non-hydrogen) atoms. The van der Waals surface area contributed by atoms with E-state index >= 15 is 0 Å². The second kappa shape index (κ2) is 5.38. The summed E-state index contributed by atoms with van der Waals surface area (Å²) in [5, 5.41) is 5.15. The van der Waals surface area contributed by atoms with E-state index in [1.807, 2.05) is 12.1 Å². The van der Waals surface area contributed by atoms with Crippen molar-refractivity contribution in [2.45, 2.75) is 37.6 Å². The van der Waals surface area contributed by atoms with E-state index in [9.17, 15) is 8.42 Å². The van der Waals surface area contributed by atoms with E-state index in [0.29, 0.717) is 0 Å². The summed E-state index contributed by atoms with van der Waals surface area (Å²) >= 11 is 0. The quantitative estimate of drug-likeness (QED) is 0.906. The second-order valence-electron chi connectivity index (χ2n) is 4.98. The molecule has 1 aromatic rings. The lowest BCUT2D eigenvalue weighted by Crippen LogP contribution is -2.29. The van der Waals surface area contributed by atoms with Gasteiger partial charge < -0.3 is 0 Å². The van der Waals surface area contributed by atoms with Gasteiger partial charge in [-0.15, -0.1) is 0 Å². The van der Waals surface area contributed by atoms with Crippen molar-refractivity contribution >= 4 is 10.0 Å². The number of nitrogens with two attached hydrogens (primary N) is 1. The highest BCUT2D eigenvalue weighted by molar-refractivity contribution is 7.89. The normalized spacial score (nSPS) is 17.9. The van der Waals surface area contributed by atoms with Crippen LogP contribution in [0.5, 0.6) is 0 Å². The van der Waals surface area contributed by atoms with E-state index in [-0.39, 0.29) is 4.90 Å². The number of aryl methyl sites for hydroxylation is 1. The van der Waals surface area contributed by atoms with Crippen molar-refractivity contribution in [1.29, 1.82) is 0 Å². The van der Waals surface area contributed by atoms with Crippen molar-refractivity contribution in [2.24, 2.45) is 5.14 Å². The first-order chi connectivity index (χ1) is 8.47. The van der Waals surface area contributed by atoms with Gasteiger partial charge in [-0.1, -0.05) is 18.6 Å². The molecule has 0 amide bonds. The number of nitrogens with zero attached hydrogens (tertiary/aromatic N) is 1. The summed E-state index contributed by atoms with van der Waals surface area (Å²) in [4.78, 5) is 2.64. The Bertz CT molecular complexity index is 520. The molecule has 0 spiro atoms. The zero-order chi connectivity index (χ0) is 13.2. The van der Waals surface area contributed by atoms with Crippen LogP contribution in [0.15, 0.2) is 23.1 Å². The maximum atomic E-state index is 11.3. The lowest BCUT2D eigenvalue weighted by Gasteiger charge is -2.26. The molecule has 0 saturated carbocycles. The third-order valence-corrected chi connectivity index (χ3v) is 4.47. The Morgan fingerprint density at radius 2 is 1.89 bits per heavy atom. The molecule has 0 radical (unpaired) electrons. The fourth-order valence-corrected chi connectivity index (χ4v) is 3.27. The minimum atomic E-state index is -3.60. The van der Waals surface area contributed by atoms with Crippen molar-refractivity contribution in [1.82, 2.24) is 4.90 Å². The molecule has 0 aliphatic carbocycles. The molecule has 1 saturated heterocycles. The third-order valence-electron chi connectivity index (χ3n) is 3.40. The van der Waals surface area contributed by atoms with Crippen LogP contribution in [0.25, 0.3) is 0 Å². The largest absolute Gasteiger partial charge is 0.299 e. The van der Waals surface area contributed by atoms with Crippen LogP contribution in [0.4, 0.5) is 0 Å². The summed E-state index contributed by atoms with van der Waals surface area (Å²) in [6.45, 7) is 4.96. The summed E-state index contributed by atoms with van der Waals surface area (Å²) in [6.07, 6.45) is 3.84. The van der Waals surface area contributed by atoms with Crippen LogP contribution in [0, 0.1) is 6.92 Å². The van der Waals surface area contributed by atoms with Crippen LogP contribution in [0.1, 0.15) is 30.4 Å². The molecular formula is C13H20N2O2S. The fraction of sp³-hybridized carbons (Fsp3) is 0.538. The van der Waals surface area contributed by atoms with Gasteiger partial charge in [0.05, 0.1) is 4.90 Å².